The van der Waals surface area contributed by atoms with Crippen LogP contribution in [0.4, 0.5) is 0 Å². The molecule has 0 amide bonds. The van der Waals surface area contributed by atoms with Gasteiger partial charge in [0.15, 0.2) is 0 Å². The van der Waals surface area contributed by atoms with Crippen molar-refractivity contribution in [3.8, 4) is 6.07 Å². The third-order valence-electron chi connectivity index (χ3n) is 1.62. The summed E-state index contributed by atoms with van der Waals surface area (Å²) < 4.78 is 0. The zero-order chi connectivity index (χ0) is 9.84. The maximum atomic E-state index is 10.7. The lowest BCUT2D eigenvalue weighted by molar-refractivity contribution is 0.0696. The van der Waals surface area contributed by atoms with Gasteiger partial charge >= 0.3 is 5.97 Å². The minimum atomic E-state index is -1.05. The molecule has 0 radical (unpaired) electrons. The van der Waals surface area contributed by atoms with Crippen LogP contribution in [-0.2, 0) is 0 Å². The van der Waals surface area contributed by atoms with Crippen LogP contribution >= 0.6 is 0 Å². The topological polar surface area (TPSA) is 61.1 Å². The van der Waals surface area contributed by atoms with Gasteiger partial charge < -0.3 is 5.11 Å². The maximum absolute atomic E-state index is 10.7. The molecule has 0 heterocycles. The van der Waals surface area contributed by atoms with Crippen molar-refractivity contribution in [2.24, 2.45) is 0 Å². The second-order valence-electron chi connectivity index (χ2n) is 2.44. The van der Waals surface area contributed by atoms with E-state index in [1.54, 1.807) is 18.2 Å². The van der Waals surface area contributed by atoms with Crippen molar-refractivity contribution in [2.45, 2.75) is 0 Å². The van der Waals surface area contributed by atoms with Crippen molar-refractivity contribution in [1.29, 1.82) is 5.26 Å². The molecule has 3 nitrogen and oxygen atoms in total. The third kappa shape index (κ3) is 1.74. The molecule has 3 heteroatoms. The molecule has 0 bridgehead atoms. The van der Waals surface area contributed by atoms with Crippen LogP contribution in [0.25, 0.3) is 5.57 Å². The second-order valence-corrected chi connectivity index (χ2v) is 2.44. The molecule has 1 aromatic rings. The first-order valence-electron chi connectivity index (χ1n) is 3.58. The van der Waals surface area contributed by atoms with Crippen LogP contribution in [0.3, 0.4) is 0 Å². The number of allylic oxidation sites excluding steroid dienone is 1. The Balaban J connectivity index is 3.29. The quantitative estimate of drug-likeness (QED) is 0.695. The number of nitrogens with zero attached hydrogens (tertiary/aromatic N) is 1. The average molecular weight is 173 g/mol. The fourth-order valence-electron chi connectivity index (χ4n) is 0.993. The molecule has 0 saturated carbocycles. The minimum absolute atomic E-state index is 0.106. The molecule has 0 aliphatic heterocycles. The Morgan fingerprint density at radius 2 is 1.92 bits per heavy atom. The fourth-order valence-corrected chi connectivity index (χ4v) is 0.993. The Morgan fingerprint density at radius 3 is 2.38 bits per heavy atom. The van der Waals surface area contributed by atoms with Crippen molar-refractivity contribution in [3.05, 3.63) is 42.0 Å². The van der Waals surface area contributed by atoms with Crippen LogP contribution in [-0.4, -0.2) is 11.1 Å². The number of aromatic carboxylic acids is 1. The number of carboxylic acids is 1. The lowest BCUT2D eigenvalue weighted by atomic mass is 10.0. The van der Waals surface area contributed by atoms with Gasteiger partial charge in [-0.15, -0.1) is 0 Å². The van der Waals surface area contributed by atoms with Gasteiger partial charge in [0.2, 0.25) is 0 Å². The summed E-state index contributed by atoms with van der Waals surface area (Å²) >= 11 is 0. The summed E-state index contributed by atoms with van der Waals surface area (Å²) in [7, 11) is 0. The van der Waals surface area contributed by atoms with Gasteiger partial charge in [-0.1, -0.05) is 24.8 Å². The molecule has 0 aliphatic carbocycles. The molecule has 0 saturated heterocycles. The van der Waals surface area contributed by atoms with Crippen LogP contribution in [0, 0.1) is 11.3 Å². The summed E-state index contributed by atoms with van der Waals surface area (Å²) in [4.78, 5) is 10.7. The number of nitriles is 1. The average Bonchev–Trinajstić information content (AvgIpc) is 2.16. The van der Waals surface area contributed by atoms with Crippen molar-refractivity contribution in [1.82, 2.24) is 0 Å². The van der Waals surface area contributed by atoms with Crippen molar-refractivity contribution >= 4 is 11.5 Å². The molecule has 1 N–H and O–H groups in total. The first kappa shape index (κ1) is 9.01. The molecule has 1 rings (SSSR count). The number of hydrogen-bond donors (Lipinski definition) is 1. The minimum Gasteiger partial charge on any atom is -0.478 e. The third-order valence-corrected chi connectivity index (χ3v) is 1.62. The van der Waals surface area contributed by atoms with E-state index in [9.17, 15) is 4.79 Å². The van der Waals surface area contributed by atoms with Gasteiger partial charge in [0.1, 0.15) is 0 Å². The van der Waals surface area contributed by atoms with E-state index in [-0.39, 0.29) is 11.1 Å². The van der Waals surface area contributed by atoms with Gasteiger partial charge in [-0.25, -0.2) is 4.79 Å². The fraction of sp³-hybridized carbons (Fsp3) is 0. The first-order chi connectivity index (χ1) is 6.16. The van der Waals surface area contributed by atoms with E-state index in [1.807, 2.05) is 6.07 Å². The Kier molecular flexibility index (Phi) is 2.46. The van der Waals surface area contributed by atoms with E-state index < -0.39 is 5.97 Å². The molecule has 0 fully saturated rings. The Labute approximate surface area is 75.5 Å². The first-order valence-corrected chi connectivity index (χ1v) is 3.58. The molecule has 0 spiro atoms. The van der Waals surface area contributed by atoms with Crippen LogP contribution in [0.15, 0.2) is 30.8 Å². The smallest absolute Gasteiger partial charge is 0.336 e. The molecule has 13 heavy (non-hydrogen) atoms. The van der Waals surface area contributed by atoms with Crippen LogP contribution in [0.5, 0.6) is 0 Å². The van der Waals surface area contributed by atoms with Crippen LogP contribution in [0.1, 0.15) is 15.9 Å². The van der Waals surface area contributed by atoms with Gasteiger partial charge in [-0.05, 0) is 6.07 Å². The van der Waals surface area contributed by atoms with E-state index in [0.717, 1.165) is 0 Å². The molecular formula is C10H7NO2. The number of hydrogen-bond acceptors (Lipinski definition) is 2. The van der Waals surface area contributed by atoms with Gasteiger partial charge in [0, 0.05) is 5.56 Å². The van der Waals surface area contributed by atoms with E-state index in [2.05, 4.69) is 6.58 Å². The van der Waals surface area contributed by atoms with Crippen molar-refractivity contribution in [3.63, 3.8) is 0 Å². The lowest BCUT2D eigenvalue weighted by Crippen LogP contribution is -2.00. The SMILES string of the molecule is C=C(C#N)c1ccccc1C(=O)O. The van der Waals surface area contributed by atoms with Gasteiger partial charge in [0.25, 0.3) is 0 Å². The predicted molar refractivity (Wildman–Crippen MR) is 48.0 cm³/mol. The van der Waals surface area contributed by atoms with E-state index in [1.165, 1.54) is 6.07 Å². The zero-order valence-electron chi connectivity index (χ0n) is 6.82. The normalized spacial score (nSPS) is 8.85. The van der Waals surface area contributed by atoms with Crippen LogP contribution in [0.2, 0.25) is 0 Å². The molecule has 0 aliphatic rings. The van der Waals surface area contributed by atoms with Gasteiger partial charge in [-0.3, -0.25) is 0 Å². The number of benzene rings is 1. The Bertz CT molecular complexity index is 402. The standard InChI is InChI=1S/C10H7NO2/c1-7(6-11)8-4-2-3-5-9(8)10(12)13/h2-5H,1H2,(H,12,13). The second kappa shape index (κ2) is 3.55. The number of carbonyl (C=O) groups is 1. The van der Waals surface area contributed by atoms with E-state index >= 15 is 0 Å². The molecule has 0 aromatic heterocycles. The largest absolute Gasteiger partial charge is 0.478 e. The summed E-state index contributed by atoms with van der Waals surface area (Å²) in [6.45, 7) is 3.46. The maximum Gasteiger partial charge on any atom is 0.336 e. The summed E-state index contributed by atoms with van der Waals surface area (Å²) in [5.74, 6) is -1.05. The van der Waals surface area contributed by atoms with Gasteiger partial charge in [0.05, 0.1) is 17.2 Å². The monoisotopic (exact) mass is 173 g/mol. The highest BCUT2D eigenvalue weighted by Crippen LogP contribution is 2.16. The highest BCUT2D eigenvalue weighted by molar-refractivity contribution is 5.95. The van der Waals surface area contributed by atoms with Gasteiger partial charge in [-0.2, -0.15) is 5.26 Å². The Hall–Kier alpha value is -2.08. The summed E-state index contributed by atoms with van der Waals surface area (Å²) in [5.41, 5.74) is 0.643. The highest BCUT2D eigenvalue weighted by Gasteiger charge is 2.10. The van der Waals surface area contributed by atoms with E-state index in [0.29, 0.717) is 5.56 Å². The molecular weight excluding hydrogens is 166 g/mol. The summed E-state index contributed by atoms with van der Waals surface area (Å²) in [6, 6.07) is 8.11. The highest BCUT2D eigenvalue weighted by atomic mass is 16.4. The summed E-state index contributed by atoms with van der Waals surface area (Å²) in [5, 5.41) is 17.3. The Morgan fingerprint density at radius 1 is 1.38 bits per heavy atom. The predicted octanol–water partition coefficient (Wildman–Crippen LogP) is 1.92. The molecule has 0 unspecified atom stereocenters. The van der Waals surface area contributed by atoms with Crippen molar-refractivity contribution in [2.75, 3.05) is 0 Å². The lowest BCUT2D eigenvalue weighted by Gasteiger charge is -2.01. The molecule has 0 atom stereocenters. The number of carboxylic acid groups (broad SMARTS) is 1. The van der Waals surface area contributed by atoms with Crippen LogP contribution < -0.4 is 0 Å². The van der Waals surface area contributed by atoms with Crippen molar-refractivity contribution < 1.29 is 9.90 Å². The zero-order valence-corrected chi connectivity index (χ0v) is 6.82. The molecule has 1 aromatic carbocycles. The molecule has 64 valence electrons. The number of rotatable bonds is 2. The summed E-state index contributed by atoms with van der Waals surface area (Å²) in [6.07, 6.45) is 0. The van der Waals surface area contributed by atoms with E-state index in [4.69, 9.17) is 10.4 Å².